The van der Waals surface area contributed by atoms with Gasteiger partial charge in [0.25, 0.3) is 0 Å². The van der Waals surface area contributed by atoms with Crippen molar-refractivity contribution in [3.63, 3.8) is 0 Å². The van der Waals surface area contributed by atoms with Gasteiger partial charge in [0.1, 0.15) is 5.75 Å². The van der Waals surface area contributed by atoms with Gasteiger partial charge >= 0.3 is 0 Å². The van der Waals surface area contributed by atoms with Gasteiger partial charge in [-0.25, -0.2) is 0 Å². The highest BCUT2D eigenvalue weighted by atomic mass is 16.5. The predicted molar refractivity (Wildman–Crippen MR) is 86.2 cm³/mol. The zero-order valence-electron chi connectivity index (χ0n) is 13.6. The van der Waals surface area contributed by atoms with E-state index < -0.39 is 0 Å². The van der Waals surface area contributed by atoms with Crippen molar-refractivity contribution >= 4 is 0 Å². The molecule has 1 atom stereocenters. The minimum atomic E-state index is 0.107. The van der Waals surface area contributed by atoms with Gasteiger partial charge < -0.3 is 10.5 Å². The number of hydrogen-bond acceptors (Lipinski definition) is 3. The topological polar surface area (TPSA) is 38.5 Å². The van der Waals surface area contributed by atoms with Gasteiger partial charge in [0.15, 0.2) is 0 Å². The highest BCUT2D eigenvalue weighted by Crippen LogP contribution is 2.28. The Kier molecular flexibility index (Phi) is 6.50. The molecule has 0 radical (unpaired) electrons. The molecular formula is C17H30N2O. The molecule has 1 rings (SSSR count). The number of benzene rings is 1. The first-order valence-electron chi connectivity index (χ1n) is 7.63. The number of nitrogens with two attached hydrogens (primary N) is 1. The van der Waals surface area contributed by atoms with Crippen LogP contribution in [0.25, 0.3) is 0 Å². The zero-order valence-corrected chi connectivity index (χ0v) is 13.6. The SMILES string of the molecule is CCCOc1ccc(C(CN)N(CC)C(C)(C)C)cc1. The number of nitrogens with zero attached hydrogens (tertiary/aromatic N) is 1. The molecule has 0 fully saturated rings. The fraction of sp³-hybridized carbons (Fsp3) is 0.647. The molecule has 114 valence electrons. The Morgan fingerprint density at radius 3 is 2.15 bits per heavy atom. The summed E-state index contributed by atoms with van der Waals surface area (Å²) in [4.78, 5) is 2.44. The fourth-order valence-corrected chi connectivity index (χ4v) is 2.61. The first kappa shape index (κ1) is 17.0. The number of ether oxygens (including phenoxy) is 1. The molecule has 0 saturated carbocycles. The highest BCUT2D eigenvalue weighted by molar-refractivity contribution is 5.29. The van der Waals surface area contributed by atoms with Gasteiger partial charge in [0.05, 0.1) is 6.61 Å². The molecule has 20 heavy (non-hydrogen) atoms. The maximum Gasteiger partial charge on any atom is 0.119 e. The van der Waals surface area contributed by atoms with Crippen LogP contribution in [-0.2, 0) is 0 Å². The molecule has 0 spiro atoms. The first-order valence-corrected chi connectivity index (χ1v) is 7.63. The van der Waals surface area contributed by atoms with Crippen molar-refractivity contribution in [1.29, 1.82) is 0 Å². The van der Waals surface area contributed by atoms with Gasteiger partial charge in [-0.05, 0) is 51.4 Å². The summed E-state index contributed by atoms with van der Waals surface area (Å²) in [6, 6.07) is 8.61. The second-order valence-electron chi connectivity index (χ2n) is 6.13. The third kappa shape index (κ3) is 4.50. The van der Waals surface area contributed by atoms with Crippen molar-refractivity contribution in [2.75, 3.05) is 19.7 Å². The fourth-order valence-electron chi connectivity index (χ4n) is 2.61. The van der Waals surface area contributed by atoms with Crippen molar-refractivity contribution in [2.45, 2.75) is 52.6 Å². The van der Waals surface area contributed by atoms with Gasteiger partial charge in [-0.2, -0.15) is 0 Å². The predicted octanol–water partition coefficient (Wildman–Crippen LogP) is 3.60. The van der Waals surface area contributed by atoms with E-state index in [0.717, 1.165) is 25.3 Å². The van der Waals surface area contributed by atoms with E-state index in [1.54, 1.807) is 0 Å². The smallest absolute Gasteiger partial charge is 0.119 e. The van der Waals surface area contributed by atoms with E-state index in [-0.39, 0.29) is 11.6 Å². The Morgan fingerprint density at radius 1 is 1.15 bits per heavy atom. The molecular weight excluding hydrogens is 248 g/mol. The summed E-state index contributed by atoms with van der Waals surface area (Å²) in [5, 5.41) is 0. The highest BCUT2D eigenvalue weighted by Gasteiger charge is 2.27. The molecule has 0 saturated heterocycles. The molecule has 0 aliphatic carbocycles. The van der Waals surface area contributed by atoms with Crippen molar-refractivity contribution in [3.8, 4) is 5.75 Å². The normalized spacial score (nSPS) is 13.6. The van der Waals surface area contributed by atoms with E-state index in [4.69, 9.17) is 10.5 Å². The summed E-state index contributed by atoms with van der Waals surface area (Å²) in [5.74, 6) is 0.935. The number of likely N-dealkylation sites (N-methyl/N-ethyl adjacent to an activating group) is 1. The van der Waals surface area contributed by atoms with E-state index in [9.17, 15) is 0 Å². The maximum absolute atomic E-state index is 6.02. The minimum absolute atomic E-state index is 0.107. The second-order valence-corrected chi connectivity index (χ2v) is 6.13. The van der Waals surface area contributed by atoms with Crippen molar-refractivity contribution in [3.05, 3.63) is 29.8 Å². The van der Waals surface area contributed by atoms with Crippen LogP contribution in [0.2, 0.25) is 0 Å². The molecule has 3 nitrogen and oxygen atoms in total. The van der Waals surface area contributed by atoms with Crippen LogP contribution in [0.5, 0.6) is 5.75 Å². The Morgan fingerprint density at radius 2 is 1.75 bits per heavy atom. The van der Waals surface area contributed by atoms with E-state index in [0.29, 0.717) is 6.54 Å². The lowest BCUT2D eigenvalue weighted by Crippen LogP contribution is -2.46. The number of hydrogen-bond donors (Lipinski definition) is 1. The quantitative estimate of drug-likeness (QED) is 0.828. The summed E-state index contributed by atoms with van der Waals surface area (Å²) < 4.78 is 5.63. The number of rotatable bonds is 7. The largest absolute Gasteiger partial charge is 0.494 e. The Labute approximate surface area is 124 Å². The Bertz CT molecular complexity index is 381. The molecule has 0 aliphatic rings. The van der Waals surface area contributed by atoms with Crippen molar-refractivity contribution in [1.82, 2.24) is 4.90 Å². The molecule has 0 bridgehead atoms. The summed E-state index contributed by atoms with van der Waals surface area (Å²) in [6.07, 6.45) is 1.03. The van der Waals surface area contributed by atoms with Crippen LogP contribution in [-0.4, -0.2) is 30.1 Å². The van der Waals surface area contributed by atoms with E-state index >= 15 is 0 Å². The molecule has 1 unspecified atom stereocenters. The van der Waals surface area contributed by atoms with Gasteiger partial charge in [-0.15, -0.1) is 0 Å². The molecule has 2 N–H and O–H groups in total. The maximum atomic E-state index is 6.02. The summed E-state index contributed by atoms with van der Waals surface area (Å²) in [5.41, 5.74) is 7.39. The van der Waals surface area contributed by atoms with E-state index in [2.05, 4.69) is 51.7 Å². The zero-order chi connectivity index (χ0) is 15.2. The van der Waals surface area contributed by atoms with Crippen LogP contribution < -0.4 is 10.5 Å². The van der Waals surface area contributed by atoms with Crippen LogP contribution in [0, 0.1) is 0 Å². The van der Waals surface area contributed by atoms with Gasteiger partial charge in [0.2, 0.25) is 0 Å². The van der Waals surface area contributed by atoms with Crippen LogP contribution in [0.4, 0.5) is 0 Å². The van der Waals surface area contributed by atoms with E-state index in [1.165, 1.54) is 5.56 Å². The average Bonchev–Trinajstić information content (AvgIpc) is 2.41. The van der Waals surface area contributed by atoms with Crippen molar-refractivity contribution in [2.24, 2.45) is 5.73 Å². The third-order valence-corrected chi connectivity index (χ3v) is 3.54. The van der Waals surface area contributed by atoms with Crippen LogP contribution in [0.15, 0.2) is 24.3 Å². The van der Waals surface area contributed by atoms with Crippen LogP contribution in [0.1, 0.15) is 52.6 Å². The first-order chi connectivity index (χ1) is 9.43. The van der Waals surface area contributed by atoms with Gasteiger partial charge in [0, 0.05) is 18.1 Å². The molecule has 0 aliphatic heterocycles. The molecule has 1 aromatic carbocycles. The molecule has 0 amide bonds. The van der Waals surface area contributed by atoms with Crippen LogP contribution in [0.3, 0.4) is 0 Å². The Balaban J connectivity index is 2.89. The minimum Gasteiger partial charge on any atom is -0.494 e. The standard InChI is InChI=1S/C17H30N2O/c1-6-12-20-15-10-8-14(9-11-15)16(13-18)19(7-2)17(3,4)5/h8-11,16H,6-7,12-13,18H2,1-5H3. The Hall–Kier alpha value is -1.06. The second kappa shape index (κ2) is 7.65. The third-order valence-electron chi connectivity index (χ3n) is 3.54. The molecule has 0 aromatic heterocycles. The summed E-state index contributed by atoms with van der Waals surface area (Å²) >= 11 is 0. The lowest BCUT2D eigenvalue weighted by atomic mass is 9.98. The molecule has 1 aromatic rings. The lowest BCUT2D eigenvalue weighted by Gasteiger charge is -2.41. The van der Waals surface area contributed by atoms with Crippen molar-refractivity contribution < 1.29 is 4.74 Å². The van der Waals surface area contributed by atoms with Crippen LogP contribution >= 0.6 is 0 Å². The average molecular weight is 278 g/mol. The molecule has 3 heteroatoms. The van der Waals surface area contributed by atoms with Gasteiger partial charge in [-0.1, -0.05) is 26.0 Å². The summed E-state index contributed by atoms with van der Waals surface area (Å²) in [7, 11) is 0. The lowest BCUT2D eigenvalue weighted by molar-refractivity contribution is 0.0919. The van der Waals surface area contributed by atoms with Gasteiger partial charge in [-0.3, -0.25) is 4.90 Å². The van der Waals surface area contributed by atoms with E-state index in [1.807, 2.05) is 12.1 Å². The summed E-state index contributed by atoms with van der Waals surface area (Å²) in [6.45, 7) is 13.4. The monoisotopic (exact) mass is 278 g/mol. The molecule has 0 heterocycles.